The Morgan fingerprint density at radius 3 is 2.53 bits per heavy atom. The van der Waals surface area contributed by atoms with E-state index >= 15 is 0 Å². The molecule has 2 aliphatic heterocycles. The highest BCUT2D eigenvalue weighted by molar-refractivity contribution is 5.89. The smallest absolute Gasteiger partial charge is 0.324 e. The van der Waals surface area contributed by atoms with Crippen molar-refractivity contribution in [3.63, 3.8) is 0 Å². The molecule has 2 N–H and O–H groups in total. The lowest BCUT2D eigenvalue weighted by molar-refractivity contribution is -0.167. The zero-order valence-corrected chi connectivity index (χ0v) is 10.4. The highest BCUT2D eigenvalue weighted by atomic mass is 16.6. The summed E-state index contributed by atoms with van der Waals surface area (Å²) >= 11 is 0. The van der Waals surface area contributed by atoms with Gasteiger partial charge in [-0.3, -0.25) is 14.9 Å². The van der Waals surface area contributed by atoms with Crippen LogP contribution in [0.1, 0.15) is 40.0 Å². The zero-order chi connectivity index (χ0) is 12.8. The number of nitrogens with one attached hydrogen (secondary N) is 1. The van der Waals surface area contributed by atoms with E-state index < -0.39 is 29.0 Å². The molecule has 96 valence electrons. The molecule has 0 aliphatic carbocycles. The number of carbonyl (C=O) groups is 2. The maximum atomic E-state index is 12.0. The number of ether oxygens (including phenoxy) is 1. The molecule has 5 nitrogen and oxygen atoms in total. The maximum absolute atomic E-state index is 12.0. The van der Waals surface area contributed by atoms with Crippen molar-refractivity contribution in [1.29, 1.82) is 0 Å². The Bertz CT molecular complexity index is 360. The van der Waals surface area contributed by atoms with Crippen LogP contribution in [0.3, 0.4) is 0 Å². The molecule has 5 heteroatoms. The van der Waals surface area contributed by atoms with Crippen LogP contribution < -0.4 is 5.32 Å². The fraction of sp³-hybridized carbons (Fsp3) is 0.833. The first-order valence-corrected chi connectivity index (χ1v) is 5.98. The number of carbonyl (C=O) groups excluding carboxylic acids is 1. The summed E-state index contributed by atoms with van der Waals surface area (Å²) in [5.41, 5.74) is -1.66. The Labute approximate surface area is 101 Å². The summed E-state index contributed by atoms with van der Waals surface area (Å²) in [6.45, 7) is 5.37. The number of hydrogen-bond donors (Lipinski definition) is 2. The van der Waals surface area contributed by atoms with E-state index in [0.717, 1.165) is 6.42 Å². The Morgan fingerprint density at radius 2 is 2.06 bits per heavy atom. The van der Waals surface area contributed by atoms with Gasteiger partial charge < -0.3 is 9.84 Å². The van der Waals surface area contributed by atoms with Crippen molar-refractivity contribution in [2.24, 2.45) is 5.92 Å². The SMILES string of the molecule is CC(C)(C)OC(=O)C1CC2CCC1(C(=O)O)N2. The van der Waals surface area contributed by atoms with Gasteiger partial charge in [-0.1, -0.05) is 0 Å². The number of fused-ring (bicyclic) bond motifs is 2. The maximum Gasteiger partial charge on any atom is 0.324 e. The summed E-state index contributed by atoms with van der Waals surface area (Å²) in [7, 11) is 0. The van der Waals surface area contributed by atoms with Gasteiger partial charge >= 0.3 is 11.9 Å². The van der Waals surface area contributed by atoms with Gasteiger partial charge in [-0.15, -0.1) is 0 Å². The molecule has 0 aromatic carbocycles. The van der Waals surface area contributed by atoms with E-state index in [4.69, 9.17) is 4.74 Å². The lowest BCUT2D eigenvalue weighted by Gasteiger charge is -2.31. The zero-order valence-electron chi connectivity index (χ0n) is 10.4. The standard InChI is InChI=1S/C12H19NO4/c1-11(2,3)17-9(14)8-6-7-4-5-12(8,13-7)10(15)16/h7-8,13H,4-6H2,1-3H3,(H,15,16). The third-order valence-electron chi connectivity index (χ3n) is 3.54. The first-order chi connectivity index (χ1) is 7.74. The van der Waals surface area contributed by atoms with Gasteiger partial charge in [-0.25, -0.2) is 0 Å². The first-order valence-electron chi connectivity index (χ1n) is 5.98. The second-order valence-electron chi connectivity index (χ2n) is 5.98. The van der Waals surface area contributed by atoms with Gasteiger partial charge in [0.15, 0.2) is 0 Å². The van der Waals surface area contributed by atoms with E-state index in [9.17, 15) is 14.7 Å². The van der Waals surface area contributed by atoms with Crippen molar-refractivity contribution in [3.8, 4) is 0 Å². The predicted molar refractivity (Wildman–Crippen MR) is 60.5 cm³/mol. The van der Waals surface area contributed by atoms with Crippen molar-refractivity contribution in [1.82, 2.24) is 5.32 Å². The predicted octanol–water partition coefficient (Wildman–Crippen LogP) is 0.923. The van der Waals surface area contributed by atoms with Crippen molar-refractivity contribution in [2.45, 2.75) is 57.2 Å². The van der Waals surface area contributed by atoms with E-state index in [0.29, 0.717) is 12.8 Å². The third-order valence-corrected chi connectivity index (χ3v) is 3.54. The summed E-state index contributed by atoms with van der Waals surface area (Å²) in [4.78, 5) is 23.4. The van der Waals surface area contributed by atoms with Gasteiger partial charge in [0.25, 0.3) is 0 Å². The van der Waals surface area contributed by atoms with Crippen LogP contribution in [0.2, 0.25) is 0 Å². The molecule has 2 rings (SSSR count). The van der Waals surface area contributed by atoms with Gasteiger partial charge in [-0.2, -0.15) is 0 Å². The average molecular weight is 241 g/mol. The Hall–Kier alpha value is -1.10. The molecule has 0 aromatic rings. The number of carboxylic acid groups (broad SMARTS) is 1. The Morgan fingerprint density at radius 1 is 1.41 bits per heavy atom. The van der Waals surface area contributed by atoms with Crippen LogP contribution in [0.15, 0.2) is 0 Å². The van der Waals surface area contributed by atoms with Crippen LogP contribution in [0.25, 0.3) is 0 Å². The quantitative estimate of drug-likeness (QED) is 0.703. The fourth-order valence-electron chi connectivity index (χ4n) is 2.84. The monoisotopic (exact) mass is 241 g/mol. The molecule has 0 amide bonds. The molecule has 2 saturated heterocycles. The van der Waals surface area contributed by atoms with Crippen LogP contribution in [-0.2, 0) is 14.3 Å². The van der Waals surface area contributed by atoms with Crippen molar-refractivity contribution in [3.05, 3.63) is 0 Å². The van der Waals surface area contributed by atoms with E-state index in [1.54, 1.807) is 20.8 Å². The first kappa shape index (κ1) is 12.4. The Balaban J connectivity index is 2.17. The van der Waals surface area contributed by atoms with Crippen LogP contribution in [0.5, 0.6) is 0 Å². The van der Waals surface area contributed by atoms with Gasteiger partial charge in [0.1, 0.15) is 11.1 Å². The molecule has 2 aliphatic rings. The van der Waals surface area contributed by atoms with Crippen molar-refractivity contribution in [2.75, 3.05) is 0 Å². The second-order valence-corrected chi connectivity index (χ2v) is 5.98. The van der Waals surface area contributed by atoms with Crippen LogP contribution >= 0.6 is 0 Å². The summed E-state index contributed by atoms with van der Waals surface area (Å²) < 4.78 is 5.31. The van der Waals surface area contributed by atoms with Crippen molar-refractivity contribution < 1.29 is 19.4 Å². The number of carboxylic acids is 1. The number of aliphatic carboxylic acids is 1. The van der Waals surface area contributed by atoms with Crippen molar-refractivity contribution >= 4 is 11.9 Å². The fourth-order valence-corrected chi connectivity index (χ4v) is 2.84. The van der Waals surface area contributed by atoms with Gasteiger partial charge in [0, 0.05) is 6.04 Å². The lowest BCUT2D eigenvalue weighted by Crippen LogP contribution is -2.53. The highest BCUT2D eigenvalue weighted by Crippen LogP contribution is 2.43. The molecular weight excluding hydrogens is 222 g/mol. The molecule has 2 heterocycles. The topological polar surface area (TPSA) is 75.6 Å². The van der Waals surface area contributed by atoms with E-state index in [1.807, 2.05) is 0 Å². The van der Waals surface area contributed by atoms with E-state index in [1.165, 1.54) is 0 Å². The van der Waals surface area contributed by atoms with Crippen LogP contribution in [0, 0.1) is 5.92 Å². The molecule has 0 spiro atoms. The molecule has 2 fully saturated rings. The minimum Gasteiger partial charge on any atom is -0.480 e. The van der Waals surface area contributed by atoms with E-state index in [2.05, 4.69) is 5.32 Å². The number of rotatable bonds is 2. The summed E-state index contributed by atoms with van der Waals surface area (Å²) in [5, 5.41) is 12.4. The molecule has 0 aromatic heterocycles. The van der Waals surface area contributed by atoms with Gasteiger partial charge in [0.05, 0.1) is 5.92 Å². The Kier molecular flexibility index (Phi) is 2.69. The van der Waals surface area contributed by atoms with Gasteiger partial charge in [0.2, 0.25) is 0 Å². The molecule has 3 atom stereocenters. The average Bonchev–Trinajstić information content (AvgIpc) is 2.72. The molecule has 3 unspecified atom stereocenters. The second kappa shape index (κ2) is 3.70. The van der Waals surface area contributed by atoms with Gasteiger partial charge in [-0.05, 0) is 40.0 Å². The number of esters is 1. The minimum absolute atomic E-state index is 0.142. The van der Waals surface area contributed by atoms with Crippen LogP contribution in [-0.4, -0.2) is 34.2 Å². The van der Waals surface area contributed by atoms with Crippen LogP contribution in [0.4, 0.5) is 0 Å². The summed E-state index contributed by atoms with van der Waals surface area (Å²) in [5.74, 6) is -1.89. The lowest BCUT2D eigenvalue weighted by atomic mass is 9.78. The number of hydrogen-bond acceptors (Lipinski definition) is 4. The summed E-state index contributed by atoms with van der Waals surface area (Å²) in [6, 6.07) is 0.142. The normalized spacial score (nSPS) is 35.9. The molecule has 0 radical (unpaired) electrons. The minimum atomic E-state index is -1.09. The summed E-state index contributed by atoms with van der Waals surface area (Å²) in [6.07, 6.45) is 1.91. The molecular formula is C12H19NO4. The molecule has 0 saturated carbocycles. The molecule has 2 bridgehead atoms. The molecule has 17 heavy (non-hydrogen) atoms. The highest BCUT2D eigenvalue weighted by Gasteiger charge is 2.60. The van der Waals surface area contributed by atoms with E-state index in [-0.39, 0.29) is 6.04 Å². The third kappa shape index (κ3) is 2.04. The largest absolute Gasteiger partial charge is 0.480 e.